The number of nitrogens with zero attached hydrogens (tertiary/aromatic N) is 2. The number of carbonyl (C=O) groups excluding carboxylic acids is 2. The molecule has 0 aliphatic heterocycles. The van der Waals surface area contributed by atoms with Crippen LogP contribution in [0.2, 0.25) is 0 Å². The molecule has 0 spiro atoms. The van der Waals surface area contributed by atoms with E-state index in [-0.39, 0.29) is 18.4 Å². The minimum absolute atomic E-state index is 0.0546. The number of aryl methyl sites for hydroxylation is 1. The summed E-state index contributed by atoms with van der Waals surface area (Å²) in [5.74, 6) is 0.949. The number of carbonyl (C=O) groups is 2. The summed E-state index contributed by atoms with van der Waals surface area (Å²) in [5.41, 5.74) is 5.42. The third kappa shape index (κ3) is 6.41. The van der Waals surface area contributed by atoms with Gasteiger partial charge >= 0.3 is 11.9 Å². The molecule has 4 aromatic rings. The van der Waals surface area contributed by atoms with Crippen molar-refractivity contribution in [3.63, 3.8) is 0 Å². The highest BCUT2D eigenvalue weighted by Crippen LogP contribution is 2.42. The lowest BCUT2D eigenvalue weighted by molar-refractivity contribution is 0.0484. The van der Waals surface area contributed by atoms with Gasteiger partial charge in [-0.05, 0) is 76.3 Å². The molecule has 46 heavy (non-hydrogen) atoms. The zero-order valence-electron chi connectivity index (χ0n) is 26.6. The van der Waals surface area contributed by atoms with Crippen molar-refractivity contribution in [3.05, 3.63) is 81.2 Å². The van der Waals surface area contributed by atoms with E-state index in [9.17, 15) is 19.8 Å². The third-order valence-corrected chi connectivity index (χ3v) is 9.21. The van der Waals surface area contributed by atoms with Gasteiger partial charge in [0, 0.05) is 40.8 Å². The van der Waals surface area contributed by atoms with Crippen LogP contribution in [0, 0.1) is 13.8 Å². The molecule has 4 unspecified atom stereocenters. The van der Waals surface area contributed by atoms with Gasteiger partial charge in [-0.3, -0.25) is 0 Å². The fraction of sp³-hybridized carbons (Fsp3) is 0.529. The first-order chi connectivity index (χ1) is 22.2. The summed E-state index contributed by atoms with van der Waals surface area (Å²) >= 11 is 0. The molecule has 0 bridgehead atoms. The lowest BCUT2D eigenvalue weighted by atomic mass is 9.84. The van der Waals surface area contributed by atoms with E-state index in [0.29, 0.717) is 68.3 Å². The molecule has 12 heteroatoms. The molecule has 2 aliphatic carbocycles. The molecule has 4 heterocycles. The minimum Gasteiger partial charge on any atom is -0.461 e. The number of aromatic amines is 2. The third-order valence-electron chi connectivity index (χ3n) is 9.21. The fourth-order valence-corrected chi connectivity index (χ4v) is 6.93. The summed E-state index contributed by atoms with van der Waals surface area (Å²) in [7, 11) is 0. The van der Waals surface area contributed by atoms with Crippen LogP contribution in [-0.4, -0.2) is 55.3 Å². The number of aliphatic hydroxyl groups excluding tert-OH is 2. The number of aliphatic hydroxyl groups is 2. The molecule has 6 rings (SSSR count). The van der Waals surface area contributed by atoms with Gasteiger partial charge in [0.05, 0.1) is 37.8 Å². The molecule has 0 aromatic carbocycles. The number of fused-ring (bicyclic) bond motifs is 2. The fourth-order valence-electron chi connectivity index (χ4n) is 6.93. The first-order valence-corrected chi connectivity index (χ1v) is 16.2. The largest absolute Gasteiger partial charge is 0.461 e. The van der Waals surface area contributed by atoms with Crippen molar-refractivity contribution in [2.24, 2.45) is 0 Å². The van der Waals surface area contributed by atoms with Crippen LogP contribution >= 0.6 is 0 Å². The Labute approximate surface area is 266 Å². The Bertz CT molecular complexity index is 1670. The highest BCUT2D eigenvalue weighted by molar-refractivity contribution is 5.90. The Morgan fingerprint density at radius 2 is 1.48 bits per heavy atom. The monoisotopic (exact) mass is 634 g/mol. The second-order valence-electron chi connectivity index (χ2n) is 12.5. The van der Waals surface area contributed by atoms with Crippen LogP contribution in [0.3, 0.4) is 0 Å². The van der Waals surface area contributed by atoms with Crippen molar-refractivity contribution in [2.75, 3.05) is 13.2 Å². The molecule has 0 fully saturated rings. The standard InChI is InChI=1S/C34H42N4O8/c1-4-10-44-33(41)29-18(2)28-24(38-29)14-21(16-26(28)40)32-36-17-22(46-32)8-6-5-7-11-45-34(42)30-19(3)27-23(37-30)13-20(15-25(27)39)31-35-9-12-43-31/h9,12,17,20-21,25-26,37-40H,4-8,10-11,13-16H2,1-3H3. The molecule has 0 saturated heterocycles. The van der Waals surface area contributed by atoms with Crippen molar-refractivity contribution in [3.8, 4) is 0 Å². The number of oxazole rings is 2. The average molecular weight is 635 g/mol. The maximum atomic E-state index is 12.9. The van der Waals surface area contributed by atoms with Gasteiger partial charge in [0.25, 0.3) is 0 Å². The van der Waals surface area contributed by atoms with Gasteiger partial charge in [-0.15, -0.1) is 0 Å². The Kier molecular flexibility index (Phi) is 9.46. The normalized spacial score (nSPS) is 20.7. The van der Waals surface area contributed by atoms with Crippen molar-refractivity contribution in [1.82, 2.24) is 19.9 Å². The maximum absolute atomic E-state index is 12.9. The van der Waals surface area contributed by atoms with E-state index in [2.05, 4.69) is 19.9 Å². The number of aromatic nitrogens is 4. The van der Waals surface area contributed by atoms with Gasteiger partial charge in [0.1, 0.15) is 23.4 Å². The number of hydrogen-bond acceptors (Lipinski definition) is 10. The smallest absolute Gasteiger partial charge is 0.355 e. The Balaban J connectivity index is 0.957. The van der Waals surface area contributed by atoms with Crippen molar-refractivity contribution in [2.45, 2.75) is 103 Å². The van der Waals surface area contributed by atoms with Crippen molar-refractivity contribution < 1.29 is 38.1 Å². The van der Waals surface area contributed by atoms with Gasteiger partial charge in [-0.2, -0.15) is 0 Å². The molecule has 0 amide bonds. The van der Waals surface area contributed by atoms with Crippen molar-refractivity contribution in [1.29, 1.82) is 0 Å². The number of unbranched alkanes of at least 4 members (excludes halogenated alkanes) is 2. The van der Waals surface area contributed by atoms with Crippen LogP contribution in [0.5, 0.6) is 0 Å². The zero-order valence-corrected chi connectivity index (χ0v) is 26.6. The number of H-pyrrole nitrogens is 2. The summed E-state index contributed by atoms with van der Waals surface area (Å²) < 4.78 is 22.4. The van der Waals surface area contributed by atoms with E-state index in [0.717, 1.165) is 58.7 Å². The summed E-state index contributed by atoms with van der Waals surface area (Å²) in [6.45, 7) is 6.25. The molecule has 4 N–H and O–H groups in total. The highest BCUT2D eigenvalue weighted by atomic mass is 16.5. The van der Waals surface area contributed by atoms with Crippen molar-refractivity contribution >= 4 is 11.9 Å². The zero-order chi connectivity index (χ0) is 32.4. The predicted octanol–water partition coefficient (Wildman–Crippen LogP) is 5.60. The number of hydrogen-bond donors (Lipinski definition) is 4. The summed E-state index contributed by atoms with van der Waals surface area (Å²) in [4.78, 5) is 40.4. The SMILES string of the molecule is CCCOC(=O)c1[nH]c2c(c1C)C(O)CC(c1ncc(CCCCCOC(=O)c3[nH]c4c(c3C)C(O)CC(c3ncco3)C4)o1)C2. The summed E-state index contributed by atoms with van der Waals surface area (Å²) in [6, 6.07) is 0. The van der Waals surface area contributed by atoms with Crippen LogP contribution in [0.25, 0.3) is 0 Å². The molecular weight excluding hydrogens is 592 g/mol. The van der Waals surface area contributed by atoms with Gasteiger partial charge in [-0.1, -0.05) is 6.92 Å². The van der Waals surface area contributed by atoms with Crippen LogP contribution < -0.4 is 0 Å². The first-order valence-electron chi connectivity index (χ1n) is 16.2. The Morgan fingerprint density at radius 1 is 0.870 bits per heavy atom. The molecule has 4 atom stereocenters. The van der Waals surface area contributed by atoms with E-state index in [1.165, 1.54) is 6.26 Å². The number of esters is 2. The second kappa shape index (κ2) is 13.7. The molecular formula is C34H42N4O8. The number of rotatable bonds is 12. The lowest BCUT2D eigenvalue weighted by Crippen LogP contribution is -2.17. The Morgan fingerprint density at radius 3 is 2.07 bits per heavy atom. The van der Waals surface area contributed by atoms with Gasteiger partial charge in [-0.25, -0.2) is 19.6 Å². The molecule has 12 nitrogen and oxygen atoms in total. The predicted molar refractivity (Wildman–Crippen MR) is 165 cm³/mol. The van der Waals surface area contributed by atoms with Gasteiger partial charge in [0.15, 0.2) is 11.8 Å². The lowest BCUT2D eigenvalue weighted by Gasteiger charge is -2.24. The van der Waals surface area contributed by atoms with E-state index in [4.69, 9.17) is 18.3 Å². The summed E-state index contributed by atoms with van der Waals surface area (Å²) in [6.07, 6.45) is 9.39. The van der Waals surface area contributed by atoms with E-state index in [1.54, 1.807) is 12.4 Å². The molecule has 0 saturated carbocycles. The van der Waals surface area contributed by atoms with E-state index in [1.807, 2.05) is 20.8 Å². The topological polar surface area (TPSA) is 177 Å². The Hall–Kier alpha value is -4.16. The minimum atomic E-state index is -0.725. The maximum Gasteiger partial charge on any atom is 0.355 e. The van der Waals surface area contributed by atoms with Crippen LogP contribution in [0.1, 0.15) is 142 Å². The van der Waals surface area contributed by atoms with Gasteiger partial charge in [0.2, 0.25) is 0 Å². The first kappa shape index (κ1) is 31.8. The molecule has 0 radical (unpaired) electrons. The average Bonchev–Trinajstić information content (AvgIpc) is 3.84. The molecule has 246 valence electrons. The quantitative estimate of drug-likeness (QED) is 0.113. The van der Waals surface area contributed by atoms with Gasteiger partial charge < -0.3 is 38.5 Å². The van der Waals surface area contributed by atoms with Crippen LogP contribution in [-0.2, 0) is 28.7 Å². The van der Waals surface area contributed by atoms with Crippen LogP contribution in [0.4, 0.5) is 0 Å². The van der Waals surface area contributed by atoms with E-state index >= 15 is 0 Å². The number of ether oxygens (including phenoxy) is 2. The highest BCUT2D eigenvalue weighted by Gasteiger charge is 2.35. The van der Waals surface area contributed by atoms with Crippen LogP contribution in [0.15, 0.2) is 27.5 Å². The molecule has 4 aromatic heterocycles. The van der Waals surface area contributed by atoms with E-state index < -0.39 is 24.1 Å². The number of nitrogens with one attached hydrogen (secondary N) is 2. The summed E-state index contributed by atoms with van der Waals surface area (Å²) in [5, 5.41) is 21.7. The second-order valence-corrected chi connectivity index (χ2v) is 12.5. The molecule has 2 aliphatic rings.